The number of benzene rings is 2. The van der Waals surface area contributed by atoms with E-state index in [1.165, 1.54) is 5.56 Å². The van der Waals surface area contributed by atoms with E-state index in [0.29, 0.717) is 14.1 Å². The monoisotopic (exact) mass is 359 g/mol. The lowest BCUT2D eigenvalue weighted by Gasteiger charge is -2.20. The third-order valence-electron chi connectivity index (χ3n) is 4.05. The first-order chi connectivity index (χ1) is 11.8. The highest BCUT2D eigenvalue weighted by Crippen LogP contribution is 2.41. The summed E-state index contributed by atoms with van der Waals surface area (Å²) in [4.78, 5) is 11.8. The Hall–Kier alpha value is -1.90. The SMILES string of the molecule is COCOc1c(C)cc(C)cc1C(C)Pc1ccc(C)cc1C(N)=O. The number of amides is 1. The number of carbonyl (C=O) groups is 1. The van der Waals surface area contributed by atoms with E-state index in [9.17, 15) is 4.79 Å². The number of methoxy groups -OCH3 is 1. The first-order valence-corrected chi connectivity index (χ1v) is 9.31. The summed E-state index contributed by atoms with van der Waals surface area (Å²) < 4.78 is 10.9. The topological polar surface area (TPSA) is 61.6 Å². The van der Waals surface area contributed by atoms with E-state index in [1.807, 2.05) is 32.0 Å². The minimum Gasteiger partial charge on any atom is -0.467 e. The second-order valence-corrected chi connectivity index (χ2v) is 8.02. The first kappa shape index (κ1) is 19.4. The number of ether oxygens (including phenoxy) is 2. The number of aryl methyl sites for hydroxylation is 3. The van der Waals surface area contributed by atoms with Crippen LogP contribution < -0.4 is 15.8 Å². The molecule has 0 heterocycles. The molecule has 1 amide bonds. The molecule has 2 aromatic carbocycles. The molecular formula is C20H26NO3P. The van der Waals surface area contributed by atoms with E-state index in [0.717, 1.165) is 27.7 Å². The summed E-state index contributed by atoms with van der Waals surface area (Å²) in [6, 6.07) is 10.1. The van der Waals surface area contributed by atoms with Crippen LogP contribution in [0.15, 0.2) is 30.3 Å². The van der Waals surface area contributed by atoms with Crippen molar-refractivity contribution in [2.45, 2.75) is 33.4 Å². The van der Waals surface area contributed by atoms with Gasteiger partial charge in [0, 0.05) is 23.9 Å². The van der Waals surface area contributed by atoms with Crippen LogP contribution in [0.1, 0.15) is 45.2 Å². The third-order valence-corrected chi connectivity index (χ3v) is 5.54. The fraction of sp³-hybridized carbons (Fsp3) is 0.350. The number of nitrogens with two attached hydrogens (primary N) is 1. The van der Waals surface area contributed by atoms with Crippen LogP contribution in [0.4, 0.5) is 0 Å². The van der Waals surface area contributed by atoms with Crippen LogP contribution in [0.3, 0.4) is 0 Å². The van der Waals surface area contributed by atoms with Crippen LogP contribution in [-0.2, 0) is 4.74 Å². The van der Waals surface area contributed by atoms with Crippen molar-refractivity contribution in [2.24, 2.45) is 5.73 Å². The Morgan fingerprint density at radius 2 is 1.88 bits per heavy atom. The van der Waals surface area contributed by atoms with Gasteiger partial charge in [0.15, 0.2) is 6.79 Å². The highest BCUT2D eigenvalue weighted by Gasteiger charge is 2.18. The van der Waals surface area contributed by atoms with Crippen molar-refractivity contribution < 1.29 is 14.3 Å². The lowest BCUT2D eigenvalue weighted by molar-refractivity contribution is 0.0499. The molecule has 5 heteroatoms. The highest BCUT2D eigenvalue weighted by atomic mass is 31.1. The van der Waals surface area contributed by atoms with Gasteiger partial charge in [0.2, 0.25) is 5.91 Å². The Morgan fingerprint density at radius 1 is 1.16 bits per heavy atom. The van der Waals surface area contributed by atoms with E-state index in [-0.39, 0.29) is 18.4 Å². The lowest BCUT2D eigenvalue weighted by Crippen LogP contribution is -2.19. The van der Waals surface area contributed by atoms with E-state index < -0.39 is 0 Å². The highest BCUT2D eigenvalue weighted by molar-refractivity contribution is 7.47. The summed E-state index contributed by atoms with van der Waals surface area (Å²) in [5.74, 6) is 0.481. The molecule has 0 saturated heterocycles. The summed E-state index contributed by atoms with van der Waals surface area (Å²) in [7, 11) is 2.03. The van der Waals surface area contributed by atoms with Crippen molar-refractivity contribution in [3.05, 3.63) is 58.1 Å². The van der Waals surface area contributed by atoms with Crippen molar-refractivity contribution in [1.29, 1.82) is 0 Å². The van der Waals surface area contributed by atoms with Crippen LogP contribution >= 0.6 is 8.58 Å². The first-order valence-electron chi connectivity index (χ1n) is 8.23. The lowest BCUT2D eigenvalue weighted by atomic mass is 10.0. The zero-order valence-electron chi connectivity index (χ0n) is 15.5. The molecule has 2 unspecified atom stereocenters. The number of hydrogen-bond acceptors (Lipinski definition) is 3. The zero-order chi connectivity index (χ0) is 18.6. The Kier molecular flexibility index (Phi) is 6.57. The molecule has 2 N–H and O–H groups in total. The fourth-order valence-electron chi connectivity index (χ4n) is 2.92. The van der Waals surface area contributed by atoms with Crippen molar-refractivity contribution in [2.75, 3.05) is 13.9 Å². The van der Waals surface area contributed by atoms with Gasteiger partial charge < -0.3 is 15.2 Å². The van der Waals surface area contributed by atoms with Crippen LogP contribution in [-0.4, -0.2) is 19.8 Å². The average Bonchev–Trinajstić information content (AvgIpc) is 2.54. The van der Waals surface area contributed by atoms with Crippen molar-refractivity contribution in [1.82, 2.24) is 0 Å². The Balaban J connectivity index is 2.38. The summed E-state index contributed by atoms with van der Waals surface area (Å²) in [6.07, 6.45) is 0. The number of carbonyl (C=O) groups excluding carboxylic acids is 1. The Labute approximate surface area is 151 Å². The molecule has 0 saturated carbocycles. The molecule has 0 bridgehead atoms. The average molecular weight is 359 g/mol. The quantitative estimate of drug-likeness (QED) is 0.605. The maximum Gasteiger partial charge on any atom is 0.249 e. The largest absolute Gasteiger partial charge is 0.467 e. The zero-order valence-corrected chi connectivity index (χ0v) is 16.5. The van der Waals surface area contributed by atoms with Gasteiger partial charge in [-0.1, -0.05) is 50.9 Å². The predicted molar refractivity (Wildman–Crippen MR) is 104 cm³/mol. The molecule has 4 nitrogen and oxygen atoms in total. The predicted octanol–water partition coefficient (Wildman–Crippen LogP) is 3.76. The van der Waals surface area contributed by atoms with Crippen LogP contribution in [0.2, 0.25) is 0 Å². The fourth-order valence-corrected chi connectivity index (χ4v) is 4.29. The molecule has 0 aliphatic carbocycles. The van der Waals surface area contributed by atoms with Gasteiger partial charge in [-0.2, -0.15) is 0 Å². The van der Waals surface area contributed by atoms with Gasteiger partial charge in [-0.15, -0.1) is 0 Å². The maximum atomic E-state index is 11.8. The molecule has 2 atom stereocenters. The minimum absolute atomic E-state index is 0.200. The van der Waals surface area contributed by atoms with Gasteiger partial charge in [-0.25, -0.2) is 0 Å². The molecule has 0 spiro atoms. The molecule has 0 aliphatic heterocycles. The van der Waals surface area contributed by atoms with Crippen molar-refractivity contribution >= 4 is 19.8 Å². The van der Waals surface area contributed by atoms with E-state index in [1.54, 1.807) is 7.11 Å². The van der Waals surface area contributed by atoms with Crippen LogP contribution in [0, 0.1) is 20.8 Å². The normalized spacial score (nSPS) is 12.5. The summed E-state index contributed by atoms with van der Waals surface area (Å²) in [5.41, 5.74) is 10.8. The third kappa shape index (κ3) is 4.81. The Morgan fingerprint density at radius 3 is 2.52 bits per heavy atom. The smallest absolute Gasteiger partial charge is 0.249 e. The maximum absolute atomic E-state index is 11.8. The van der Waals surface area contributed by atoms with Crippen molar-refractivity contribution in [3.8, 4) is 5.75 Å². The molecule has 134 valence electrons. The van der Waals surface area contributed by atoms with Gasteiger partial charge in [0.25, 0.3) is 0 Å². The van der Waals surface area contributed by atoms with E-state index in [4.69, 9.17) is 15.2 Å². The Bertz CT molecular complexity index is 774. The molecule has 0 aromatic heterocycles. The molecule has 2 aromatic rings. The van der Waals surface area contributed by atoms with Gasteiger partial charge in [-0.3, -0.25) is 4.79 Å². The standard InChI is InChI=1S/C20H26NO3P/c1-12-6-7-18(17(9-12)20(21)22)25-15(4)16-10-13(2)8-14(3)19(16)24-11-23-5/h6-10,15,25H,11H2,1-5H3,(H2,21,22). The molecule has 2 rings (SSSR count). The summed E-state index contributed by atoms with van der Waals surface area (Å²) in [5, 5.41) is 0.988. The van der Waals surface area contributed by atoms with Crippen molar-refractivity contribution in [3.63, 3.8) is 0 Å². The summed E-state index contributed by atoms with van der Waals surface area (Å²) in [6.45, 7) is 8.44. The minimum atomic E-state index is -0.380. The van der Waals surface area contributed by atoms with Gasteiger partial charge in [-0.05, 0) is 37.7 Å². The molecule has 25 heavy (non-hydrogen) atoms. The number of rotatable bonds is 7. The van der Waals surface area contributed by atoms with Crippen LogP contribution in [0.5, 0.6) is 5.75 Å². The molecule has 0 aliphatic rings. The second kappa shape index (κ2) is 8.46. The second-order valence-electron chi connectivity index (χ2n) is 6.33. The van der Waals surface area contributed by atoms with E-state index >= 15 is 0 Å². The molecule has 0 radical (unpaired) electrons. The van der Waals surface area contributed by atoms with Gasteiger partial charge >= 0.3 is 0 Å². The number of hydrogen-bond donors (Lipinski definition) is 1. The molecule has 0 fully saturated rings. The van der Waals surface area contributed by atoms with Gasteiger partial charge in [0.1, 0.15) is 5.75 Å². The van der Waals surface area contributed by atoms with Gasteiger partial charge in [0.05, 0.1) is 0 Å². The molecular weight excluding hydrogens is 333 g/mol. The summed E-state index contributed by atoms with van der Waals surface area (Å²) >= 11 is 0. The van der Waals surface area contributed by atoms with E-state index in [2.05, 4.69) is 26.0 Å². The van der Waals surface area contributed by atoms with Crippen LogP contribution in [0.25, 0.3) is 0 Å². The number of primary amides is 1.